The zero-order valence-corrected chi connectivity index (χ0v) is 11.5. The molecule has 0 radical (unpaired) electrons. The van der Waals surface area contributed by atoms with Gasteiger partial charge < -0.3 is 20.1 Å². The molecule has 1 atom stereocenters. The number of likely N-dealkylation sites (N-methyl/N-ethyl adjacent to an activating group) is 1. The average molecular weight is 284 g/mol. The fraction of sp³-hybridized carbons (Fsp3) is 0.385. The maximum atomic E-state index is 13.5. The molecular formula is C13H17FN2O4. The van der Waals surface area contributed by atoms with Crippen molar-refractivity contribution in [3.05, 3.63) is 29.6 Å². The Bertz CT molecular complexity index is 507. The number of nitrogens with zero attached hydrogens (tertiary/aromatic N) is 1. The number of methoxy groups -OCH3 is 1. The van der Waals surface area contributed by atoms with Gasteiger partial charge in [0, 0.05) is 14.2 Å². The Morgan fingerprint density at radius 2 is 2.15 bits per heavy atom. The van der Waals surface area contributed by atoms with E-state index in [9.17, 15) is 14.0 Å². The lowest BCUT2D eigenvalue weighted by atomic mass is 10.1. The molecule has 0 fully saturated rings. The third kappa shape index (κ3) is 3.67. The first-order valence-corrected chi connectivity index (χ1v) is 5.93. The summed E-state index contributed by atoms with van der Waals surface area (Å²) in [4.78, 5) is 24.3. The van der Waals surface area contributed by atoms with Gasteiger partial charge >= 0.3 is 12.0 Å². The Hall–Kier alpha value is -2.15. The lowest BCUT2D eigenvalue weighted by molar-refractivity contribution is 0.0693. The second-order valence-electron chi connectivity index (χ2n) is 4.31. The van der Waals surface area contributed by atoms with Crippen molar-refractivity contribution in [1.82, 2.24) is 4.90 Å². The number of benzene rings is 1. The molecule has 0 saturated carbocycles. The zero-order chi connectivity index (χ0) is 15.3. The van der Waals surface area contributed by atoms with E-state index in [0.717, 1.165) is 6.07 Å². The van der Waals surface area contributed by atoms with Gasteiger partial charge in [0.15, 0.2) is 0 Å². The number of rotatable bonds is 5. The van der Waals surface area contributed by atoms with Crippen LogP contribution in [0.3, 0.4) is 0 Å². The van der Waals surface area contributed by atoms with Crippen LogP contribution in [0.25, 0.3) is 0 Å². The second-order valence-corrected chi connectivity index (χ2v) is 4.31. The number of carbonyl (C=O) groups excluding carboxylic acids is 1. The van der Waals surface area contributed by atoms with Gasteiger partial charge in [-0.25, -0.2) is 14.0 Å². The van der Waals surface area contributed by atoms with Gasteiger partial charge in [-0.2, -0.15) is 0 Å². The molecule has 0 spiro atoms. The van der Waals surface area contributed by atoms with Crippen LogP contribution in [0.1, 0.15) is 17.3 Å². The third-order valence-electron chi connectivity index (χ3n) is 2.86. The van der Waals surface area contributed by atoms with Gasteiger partial charge in [0.1, 0.15) is 11.4 Å². The Labute approximate surface area is 116 Å². The van der Waals surface area contributed by atoms with Crippen molar-refractivity contribution in [2.24, 2.45) is 0 Å². The smallest absolute Gasteiger partial charge is 0.340 e. The first kappa shape index (κ1) is 15.9. The highest BCUT2D eigenvalue weighted by molar-refractivity contribution is 6.00. The SMILES string of the molecule is COCC(C)N(C)C(=O)Nc1cccc(F)c1C(=O)O. The van der Waals surface area contributed by atoms with Crippen LogP contribution in [-0.4, -0.2) is 48.8 Å². The summed E-state index contributed by atoms with van der Waals surface area (Å²) in [6, 6.07) is 2.94. The van der Waals surface area contributed by atoms with Gasteiger partial charge in [-0.3, -0.25) is 0 Å². The van der Waals surface area contributed by atoms with Crippen molar-refractivity contribution < 1.29 is 23.8 Å². The molecule has 2 amide bonds. The predicted octanol–water partition coefficient (Wildman–Crippen LogP) is 2.02. The molecule has 1 aromatic rings. The molecule has 0 aliphatic carbocycles. The number of anilines is 1. The molecule has 110 valence electrons. The average Bonchev–Trinajstić information content (AvgIpc) is 2.37. The van der Waals surface area contributed by atoms with Crippen molar-refractivity contribution >= 4 is 17.7 Å². The highest BCUT2D eigenvalue weighted by Gasteiger charge is 2.20. The van der Waals surface area contributed by atoms with E-state index >= 15 is 0 Å². The number of urea groups is 1. The van der Waals surface area contributed by atoms with Crippen LogP contribution in [-0.2, 0) is 4.74 Å². The molecule has 0 aliphatic heterocycles. The fourth-order valence-electron chi connectivity index (χ4n) is 1.60. The number of ether oxygens (including phenoxy) is 1. The van der Waals surface area contributed by atoms with Gasteiger partial charge in [0.2, 0.25) is 0 Å². The van der Waals surface area contributed by atoms with Gasteiger partial charge in [-0.15, -0.1) is 0 Å². The van der Waals surface area contributed by atoms with Crippen molar-refractivity contribution in [3.63, 3.8) is 0 Å². The van der Waals surface area contributed by atoms with Crippen molar-refractivity contribution in [3.8, 4) is 0 Å². The maximum Gasteiger partial charge on any atom is 0.340 e. The molecule has 0 bridgehead atoms. The number of aromatic carboxylic acids is 1. The minimum atomic E-state index is -1.44. The molecular weight excluding hydrogens is 267 g/mol. The number of halogens is 1. The Morgan fingerprint density at radius 3 is 2.70 bits per heavy atom. The van der Waals surface area contributed by atoms with E-state index in [1.54, 1.807) is 14.0 Å². The van der Waals surface area contributed by atoms with Crippen LogP contribution in [0.15, 0.2) is 18.2 Å². The number of hydrogen-bond donors (Lipinski definition) is 2. The van der Waals surface area contributed by atoms with Gasteiger partial charge in [-0.05, 0) is 19.1 Å². The molecule has 1 aromatic carbocycles. The van der Waals surface area contributed by atoms with Crippen LogP contribution in [0.4, 0.5) is 14.9 Å². The van der Waals surface area contributed by atoms with Crippen LogP contribution in [0.2, 0.25) is 0 Å². The van der Waals surface area contributed by atoms with Gasteiger partial charge in [0.25, 0.3) is 0 Å². The normalized spacial score (nSPS) is 11.8. The molecule has 7 heteroatoms. The molecule has 0 saturated heterocycles. The summed E-state index contributed by atoms with van der Waals surface area (Å²) in [5.74, 6) is -2.34. The van der Waals surface area contributed by atoms with Crippen molar-refractivity contribution in [2.45, 2.75) is 13.0 Å². The molecule has 0 aliphatic rings. The fourth-order valence-corrected chi connectivity index (χ4v) is 1.60. The summed E-state index contributed by atoms with van der Waals surface area (Å²) in [7, 11) is 3.05. The summed E-state index contributed by atoms with van der Waals surface area (Å²) in [6.45, 7) is 2.10. The summed E-state index contributed by atoms with van der Waals surface area (Å²) in [5.41, 5.74) is -0.646. The number of hydrogen-bond acceptors (Lipinski definition) is 3. The second kappa shape index (κ2) is 6.85. The largest absolute Gasteiger partial charge is 0.478 e. The Balaban J connectivity index is 2.91. The summed E-state index contributed by atoms with van der Waals surface area (Å²) >= 11 is 0. The number of amides is 2. The lowest BCUT2D eigenvalue weighted by Gasteiger charge is -2.24. The Kier molecular flexibility index (Phi) is 5.45. The molecule has 0 heterocycles. The molecule has 20 heavy (non-hydrogen) atoms. The monoisotopic (exact) mass is 284 g/mol. The molecule has 0 aromatic heterocycles. The van der Waals surface area contributed by atoms with E-state index < -0.39 is 23.4 Å². The van der Waals surface area contributed by atoms with Gasteiger partial charge in [-0.1, -0.05) is 6.07 Å². The first-order chi connectivity index (χ1) is 9.38. The zero-order valence-electron chi connectivity index (χ0n) is 11.5. The van der Waals surface area contributed by atoms with Crippen molar-refractivity contribution in [1.29, 1.82) is 0 Å². The van der Waals surface area contributed by atoms with E-state index in [4.69, 9.17) is 9.84 Å². The van der Waals surface area contributed by atoms with Crippen LogP contribution >= 0.6 is 0 Å². The minimum absolute atomic E-state index is 0.0843. The molecule has 2 N–H and O–H groups in total. The van der Waals surface area contributed by atoms with Crippen molar-refractivity contribution in [2.75, 3.05) is 26.1 Å². The number of nitrogens with one attached hydrogen (secondary N) is 1. The van der Waals surface area contributed by atoms with Crippen LogP contribution in [0.5, 0.6) is 0 Å². The summed E-state index contributed by atoms with van der Waals surface area (Å²) in [5, 5.41) is 11.3. The number of carboxylic acid groups (broad SMARTS) is 1. The van der Waals surface area contributed by atoms with E-state index in [-0.39, 0.29) is 11.7 Å². The predicted molar refractivity (Wildman–Crippen MR) is 71.5 cm³/mol. The molecule has 1 rings (SSSR count). The van der Waals surface area contributed by atoms with E-state index in [0.29, 0.717) is 6.61 Å². The summed E-state index contributed by atoms with van der Waals surface area (Å²) < 4.78 is 18.4. The number of carboxylic acids is 1. The topological polar surface area (TPSA) is 78.9 Å². The number of carbonyl (C=O) groups is 2. The summed E-state index contributed by atoms with van der Waals surface area (Å²) in [6.07, 6.45) is 0. The highest BCUT2D eigenvalue weighted by Crippen LogP contribution is 2.19. The molecule has 1 unspecified atom stereocenters. The van der Waals surface area contributed by atoms with E-state index in [1.807, 2.05) is 0 Å². The maximum absolute atomic E-state index is 13.5. The van der Waals surface area contributed by atoms with Gasteiger partial charge in [0.05, 0.1) is 18.3 Å². The van der Waals surface area contributed by atoms with E-state index in [1.165, 1.54) is 24.1 Å². The third-order valence-corrected chi connectivity index (χ3v) is 2.86. The first-order valence-electron chi connectivity index (χ1n) is 5.93. The lowest BCUT2D eigenvalue weighted by Crippen LogP contribution is -2.40. The quantitative estimate of drug-likeness (QED) is 0.867. The highest BCUT2D eigenvalue weighted by atomic mass is 19.1. The van der Waals surface area contributed by atoms with Crippen LogP contribution in [0, 0.1) is 5.82 Å². The van der Waals surface area contributed by atoms with E-state index in [2.05, 4.69) is 5.32 Å². The molecule has 6 nitrogen and oxygen atoms in total. The standard InChI is InChI=1S/C13H17FN2O4/c1-8(7-20-3)16(2)13(19)15-10-6-4-5-9(14)11(10)12(17)18/h4-6,8H,7H2,1-3H3,(H,15,19)(H,17,18). The Morgan fingerprint density at radius 1 is 1.50 bits per heavy atom. The minimum Gasteiger partial charge on any atom is -0.478 e. The van der Waals surface area contributed by atoms with Crippen LogP contribution < -0.4 is 5.32 Å².